The maximum absolute atomic E-state index is 12.4. The van der Waals surface area contributed by atoms with Crippen LogP contribution in [0.2, 0.25) is 0 Å². The SMILES string of the molecule is CCc1ccc(NC(=O)/C(C#N)=C/c2ccn(-c3ccc(OC)cc3)c2)cc1. The van der Waals surface area contributed by atoms with Crippen LogP contribution in [0.25, 0.3) is 11.8 Å². The van der Waals surface area contributed by atoms with Gasteiger partial charge in [-0.15, -0.1) is 0 Å². The molecule has 28 heavy (non-hydrogen) atoms. The molecular weight excluding hydrogens is 350 g/mol. The monoisotopic (exact) mass is 371 g/mol. The molecule has 1 amide bonds. The Bertz CT molecular complexity index is 1020. The van der Waals surface area contributed by atoms with E-state index in [9.17, 15) is 10.1 Å². The summed E-state index contributed by atoms with van der Waals surface area (Å²) in [5, 5.41) is 12.2. The largest absolute Gasteiger partial charge is 0.497 e. The molecule has 1 N–H and O–H groups in total. The lowest BCUT2D eigenvalue weighted by Crippen LogP contribution is -2.13. The van der Waals surface area contributed by atoms with E-state index in [0.717, 1.165) is 23.4 Å². The molecule has 0 fully saturated rings. The van der Waals surface area contributed by atoms with Gasteiger partial charge in [-0.3, -0.25) is 4.79 Å². The number of hydrogen-bond donors (Lipinski definition) is 1. The molecule has 0 saturated heterocycles. The van der Waals surface area contributed by atoms with Crippen LogP contribution in [0.5, 0.6) is 5.75 Å². The van der Waals surface area contributed by atoms with E-state index in [-0.39, 0.29) is 5.57 Å². The number of hydrogen-bond acceptors (Lipinski definition) is 3. The molecule has 0 radical (unpaired) electrons. The van der Waals surface area contributed by atoms with E-state index in [1.165, 1.54) is 5.56 Å². The number of amides is 1. The van der Waals surface area contributed by atoms with E-state index < -0.39 is 5.91 Å². The van der Waals surface area contributed by atoms with E-state index in [1.807, 2.05) is 77.6 Å². The zero-order valence-corrected chi connectivity index (χ0v) is 15.8. The number of nitrogens with one attached hydrogen (secondary N) is 1. The van der Waals surface area contributed by atoms with Crippen molar-refractivity contribution in [2.75, 3.05) is 12.4 Å². The second kappa shape index (κ2) is 8.74. The Morgan fingerprint density at radius 2 is 1.86 bits per heavy atom. The lowest BCUT2D eigenvalue weighted by molar-refractivity contribution is -0.112. The van der Waals surface area contributed by atoms with Crippen molar-refractivity contribution >= 4 is 17.7 Å². The number of rotatable bonds is 6. The summed E-state index contributed by atoms with van der Waals surface area (Å²) in [5.41, 5.74) is 3.63. The molecule has 0 unspecified atom stereocenters. The second-order valence-corrected chi connectivity index (χ2v) is 6.22. The highest BCUT2D eigenvalue weighted by molar-refractivity contribution is 6.09. The van der Waals surface area contributed by atoms with E-state index >= 15 is 0 Å². The van der Waals surface area contributed by atoms with Gasteiger partial charge >= 0.3 is 0 Å². The predicted molar refractivity (Wildman–Crippen MR) is 110 cm³/mol. The number of anilines is 1. The minimum Gasteiger partial charge on any atom is -0.497 e. The van der Waals surface area contributed by atoms with Crippen molar-refractivity contribution in [3.63, 3.8) is 0 Å². The molecule has 0 atom stereocenters. The number of carbonyl (C=O) groups excluding carboxylic acids is 1. The summed E-state index contributed by atoms with van der Waals surface area (Å²) in [6.45, 7) is 2.07. The molecule has 5 heteroatoms. The summed E-state index contributed by atoms with van der Waals surface area (Å²) in [7, 11) is 1.63. The number of aromatic nitrogens is 1. The zero-order valence-electron chi connectivity index (χ0n) is 15.8. The molecule has 1 aromatic heterocycles. The smallest absolute Gasteiger partial charge is 0.266 e. The quantitative estimate of drug-likeness (QED) is 0.509. The third kappa shape index (κ3) is 4.49. The van der Waals surface area contributed by atoms with E-state index in [1.54, 1.807) is 13.2 Å². The minimum absolute atomic E-state index is 0.0482. The molecule has 0 aliphatic rings. The van der Waals surface area contributed by atoms with Crippen molar-refractivity contribution in [3.8, 4) is 17.5 Å². The molecule has 0 aliphatic carbocycles. The van der Waals surface area contributed by atoms with Crippen molar-refractivity contribution in [2.45, 2.75) is 13.3 Å². The van der Waals surface area contributed by atoms with Crippen LogP contribution in [-0.2, 0) is 11.2 Å². The number of aryl methyl sites for hydroxylation is 1. The van der Waals surface area contributed by atoms with Crippen molar-refractivity contribution in [1.82, 2.24) is 4.57 Å². The van der Waals surface area contributed by atoms with Gasteiger partial charge in [-0.2, -0.15) is 5.26 Å². The highest BCUT2D eigenvalue weighted by Gasteiger charge is 2.10. The number of nitriles is 1. The Kier molecular flexibility index (Phi) is 5.93. The first-order chi connectivity index (χ1) is 13.6. The molecule has 3 rings (SSSR count). The maximum Gasteiger partial charge on any atom is 0.266 e. The predicted octanol–water partition coefficient (Wildman–Crippen LogP) is 4.59. The second-order valence-electron chi connectivity index (χ2n) is 6.22. The third-order valence-corrected chi connectivity index (χ3v) is 4.38. The Labute approximate surface area is 164 Å². The van der Waals surface area contributed by atoms with Gasteiger partial charge in [0, 0.05) is 23.8 Å². The van der Waals surface area contributed by atoms with E-state index in [0.29, 0.717) is 5.69 Å². The lowest BCUT2D eigenvalue weighted by Gasteiger charge is -2.05. The molecule has 0 aliphatic heterocycles. The van der Waals surface area contributed by atoms with Crippen LogP contribution in [0.3, 0.4) is 0 Å². The van der Waals surface area contributed by atoms with Gasteiger partial charge in [0.25, 0.3) is 5.91 Å². The number of nitrogens with zero attached hydrogens (tertiary/aromatic N) is 2. The summed E-state index contributed by atoms with van der Waals surface area (Å²) in [6.07, 6.45) is 6.25. The Morgan fingerprint density at radius 3 is 2.46 bits per heavy atom. The van der Waals surface area contributed by atoms with Gasteiger partial charge in [0.1, 0.15) is 17.4 Å². The first kappa shape index (κ1) is 19.0. The highest BCUT2D eigenvalue weighted by Crippen LogP contribution is 2.18. The van der Waals surface area contributed by atoms with Gasteiger partial charge in [-0.25, -0.2) is 0 Å². The summed E-state index contributed by atoms with van der Waals surface area (Å²) in [4.78, 5) is 12.4. The van der Waals surface area contributed by atoms with Gasteiger partial charge in [-0.1, -0.05) is 19.1 Å². The fourth-order valence-corrected chi connectivity index (χ4v) is 2.75. The van der Waals surface area contributed by atoms with Crippen LogP contribution in [0.4, 0.5) is 5.69 Å². The topological polar surface area (TPSA) is 67.0 Å². The summed E-state index contributed by atoms with van der Waals surface area (Å²) in [5.74, 6) is 0.357. The summed E-state index contributed by atoms with van der Waals surface area (Å²) < 4.78 is 7.08. The van der Waals surface area contributed by atoms with Gasteiger partial charge in [-0.05, 0) is 66.1 Å². The molecule has 0 saturated carbocycles. The normalized spacial score (nSPS) is 11.0. The average molecular weight is 371 g/mol. The van der Waals surface area contributed by atoms with E-state index in [4.69, 9.17) is 4.74 Å². The van der Waals surface area contributed by atoms with Gasteiger partial charge in [0.2, 0.25) is 0 Å². The van der Waals surface area contributed by atoms with Crippen LogP contribution in [0.15, 0.2) is 72.6 Å². The first-order valence-electron chi connectivity index (χ1n) is 8.97. The van der Waals surface area contributed by atoms with Gasteiger partial charge in [0.05, 0.1) is 7.11 Å². The summed E-state index contributed by atoms with van der Waals surface area (Å²) >= 11 is 0. The van der Waals surface area contributed by atoms with Crippen molar-refractivity contribution in [3.05, 3.63) is 83.7 Å². The summed E-state index contributed by atoms with van der Waals surface area (Å²) in [6, 6.07) is 19.1. The molecule has 1 heterocycles. The number of carbonyl (C=O) groups is 1. The maximum atomic E-state index is 12.4. The lowest BCUT2D eigenvalue weighted by atomic mass is 10.1. The molecule has 3 aromatic rings. The van der Waals surface area contributed by atoms with Crippen LogP contribution < -0.4 is 10.1 Å². The van der Waals surface area contributed by atoms with E-state index in [2.05, 4.69) is 12.2 Å². The van der Waals surface area contributed by atoms with Crippen LogP contribution in [0, 0.1) is 11.3 Å². The molecule has 0 spiro atoms. The zero-order chi connectivity index (χ0) is 19.9. The Hall–Kier alpha value is -3.78. The Morgan fingerprint density at radius 1 is 1.14 bits per heavy atom. The van der Waals surface area contributed by atoms with Crippen molar-refractivity contribution in [1.29, 1.82) is 5.26 Å². The van der Waals surface area contributed by atoms with Crippen LogP contribution >= 0.6 is 0 Å². The van der Waals surface area contributed by atoms with Crippen molar-refractivity contribution < 1.29 is 9.53 Å². The number of benzene rings is 2. The molecular formula is C23H21N3O2. The van der Waals surface area contributed by atoms with Gasteiger partial charge in [0.15, 0.2) is 0 Å². The molecule has 5 nitrogen and oxygen atoms in total. The average Bonchev–Trinajstić information content (AvgIpc) is 3.21. The highest BCUT2D eigenvalue weighted by atomic mass is 16.5. The molecule has 140 valence electrons. The standard InChI is InChI=1S/C23H21N3O2/c1-3-17-4-6-20(7-5-17)25-23(27)19(15-24)14-18-12-13-26(16-18)21-8-10-22(28-2)11-9-21/h4-14,16H,3H2,1-2H3,(H,25,27)/b19-14+. The number of methoxy groups -OCH3 is 1. The molecule has 0 bridgehead atoms. The molecule has 2 aromatic carbocycles. The van der Waals surface area contributed by atoms with Crippen molar-refractivity contribution in [2.24, 2.45) is 0 Å². The third-order valence-electron chi connectivity index (χ3n) is 4.38. The van der Waals surface area contributed by atoms with Gasteiger partial charge < -0.3 is 14.6 Å². The van der Waals surface area contributed by atoms with Crippen LogP contribution in [-0.4, -0.2) is 17.6 Å². The fourth-order valence-electron chi connectivity index (χ4n) is 2.75. The first-order valence-corrected chi connectivity index (χ1v) is 8.97. The van der Waals surface area contributed by atoms with Crippen LogP contribution in [0.1, 0.15) is 18.1 Å². The number of ether oxygens (including phenoxy) is 1. The minimum atomic E-state index is -0.427. The fraction of sp³-hybridized carbons (Fsp3) is 0.130. The Balaban J connectivity index is 1.75.